The van der Waals surface area contributed by atoms with E-state index in [2.05, 4.69) is 62.2 Å². The van der Waals surface area contributed by atoms with Gasteiger partial charge in [-0.15, -0.1) is 0 Å². The van der Waals surface area contributed by atoms with Crippen molar-refractivity contribution in [2.24, 2.45) is 16.7 Å². The summed E-state index contributed by atoms with van der Waals surface area (Å²) in [6.45, 7) is 6.27. The minimum Gasteiger partial charge on any atom is -0.300 e. The average molecular weight is 295 g/mol. The third kappa shape index (κ3) is 2.09. The monoisotopic (exact) mass is 295 g/mol. The second-order valence-electron chi connectivity index (χ2n) is 8.51. The minimum atomic E-state index is 0.429. The van der Waals surface area contributed by atoms with E-state index in [-0.39, 0.29) is 0 Å². The topological polar surface area (TPSA) is 3.24 Å². The summed E-state index contributed by atoms with van der Waals surface area (Å²) < 4.78 is 0. The van der Waals surface area contributed by atoms with Crippen molar-refractivity contribution in [2.75, 3.05) is 13.6 Å². The first-order valence-corrected chi connectivity index (χ1v) is 8.98. The van der Waals surface area contributed by atoms with E-state index in [0.29, 0.717) is 16.9 Å². The molecule has 0 aromatic heterocycles. The molecule has 2 aliphatic carbocycles. The van der Waals surface area contributed by atoms with Crippen LogP contribution in [-0.2, 0) is 6.42 Å². The van der Waals surface area contributed by atoms with Crippen molar-refractivity contribution < 1.29 is 0 Å². The van der Waals surface area contributed by atoms with E-state index in [1.165, 1.54) is 37.8 Å². The van der Waals surface area contributed by atoms with Crippen molar-refractivity contribution >= 4 is 0 Å². The SMILES string of the molecule is CN1CCC23CCC(C2)C(C)(C)C3=CC1Cc1ccccc1. The van der Waals surface area contributed by atoms with Gasteiger partial charge in [0.15, 0.2) is 0 Å². The van der Waals surface area contributed by atoms with Gasteiger partial charge in [-0.1, -0.05) is 55.8 Å². The smallest absolute Gasteiger partial charge is 0.0318 e. The van der Waals surface area contributed by atoms with Crippen molar-refractivity contribution in [1.29, 1.82) is 0 Å². The van der Waals surface area contributed by atoms with Crippen LogP contribution in [0.3, 0.4) is 0 Å². The molecule has 3 aliphatic rings. The summed E-state index contributed by atoms with van der Waals surface area (Å²) in [4.78, 5) is 2.59. The first kappa shape index (κ1) is 14.5. The van der Waals surface area contributed by atoms with Gasteiger partial charge in [-0.05, 0) is 68.0 Å². The molecule has 0 saturated heterocycles. The maximum atomic E-state index is 2.68. The Morgan fingerprint density at radius 2 is 1.91 bits per heavy atom. The van der Waals surface area contributed by atoms with Gasteiger partial charge < -0.3 is 0 Å². The van der Waals surface area contributed by atoms with Crippen molar-refractivity contribution in [1.82, 2.24) is 4.90 Å². The van der Waals surface area contributed by atoms with Gasteiger partial charge in [0.25, 0.3) is 0 Å². The molecule has 4 rings (SSSR count). The molecule has 1 aromatic rings. The van der Waals surface area contributed by atoms with E-state index >= 15 is 0 Å². The largest absolute Gasteiger partial charge is 0.300 e. The molecule has 2 bridgehead atoms. The Kier molecular flexibility index (Phi) is 3.27. The van der Waals surface area contributed by atoms with Gasteiger partial charge in [0, 0.05) is 6.04 Å². The quantitative estimate of drug-likeness (QED) is 0.716. The van der Waals surface area contributed by atoms with E-state index in [1.54, 1.807) is 5.57 Å². The fraction of sp³-hybridized carbons (Fsp3) is 0.619. The summed E-state index contributed by atoms with van der Waals surface area (Å²) in [6.07, 6.45) is 9.56. The van der Waals surface area contributed by atoms with Gasteiger partial charge in [0.2, 0.25) is 0 Å². The van der Waals surface area contributed by atoms with Crippen molar-refractivity contribution in [2.45, 2.75) is 52.0 Å². The maximum absolute atomic E-state index is 2.68. The zero-order chi connectivity index (χ0) is 15.4. The van der Waals surface area contributed by atoms with Crippen LogP contribution in [0, 0.1) is 16.7 Å². The number of hydrogen-bond acceptors (Lipinski definition) is 1. The molecule has 0 N–H and O–H groups in total. The van der Waals surface area contributed by atoms with Crippen LogP contribution in [0.2, 0.25) is 0 Å². The number of nitrogens with zero attached hydrogens (tertiary/aromatic N) is 1. The summed E-state index contributed by atoms with van der Waals surface area (Å²) in [6, 6.07) is 11.6. The van der Waals surface area contributed by atoms with E-state index in [4.69, 9.17) is 0 Å². The highest BCUT2D eigenvalue weighted by Gasteiger charge is 2.58. The molecule has 1 aromatic carbocycles. The number of hydrogen-bond donors (Lipinski definition) is 0. The second-order valence-corrected chi connectivity index (χ2v) is 8.51. The van der Waals surface area contributed by atoms with Gasteiger partial charge in [0.05, 0.1) is 0 Å². The van der Waals surface area contributed by atoms with Crippen LogP contribution in [0.15, 0.2) is 42.0 Å². The number of allylic oxidation sites excluding steroid dienone is 1. The average Bonchev–Trinajstić information content (AvgIpc) is 2.98. The molecule has 1 spiro atoms. The molecule has 2 fully saturated rings. The Hall–Kier alpha value is -1.08. The zero-order valence-electron chi connectivity index (χ0n) is 14.3. The Morgan fingerprint density at radius 1 is 1.14 bits per heavy atom. The van der Waals surface area contributed by atoms with Crippen LogP contribution in [0.1, 0.15) is 45.1 Å². The lowest BCUT2D eigenvalue weighted by Crippen LogP contribution is -2.32. The summed E-state index contributed by atoms with van der Waals surface area (Å²) in [5.41, 5.74) is 4.25. The van der Waals surface area contributed by atoms with Crippen molar-refractivity contribution in [3.05, 3.63) is 47.5 Å². The molecular weight excluding hydrogens is 266 g/mol. The summed E-state index contributed by atoms with van der Waals surface area (Å²) in [5.74, 6) is 0.930. The molecule has 1 heteroatoms. The Bertz CT molecular complexity index is 585. The minimum absolute atomic E-state index is 0.429. The third-order valence-electron chi connectivity index (χ3n) is 7.05. The van der Waals surface area contributed by atoms with Gasteiger partial charge >= 0.3 is 0 Å². The van der Waals surface area contributed by atoms with E-state index in [1.807, 2.05) is 0 Å². The van der Waals surface area contributed by atoms with Crippen LogP contribution in [0.5, 0.6) is 0 Å². The number of likely N-dealkylation sites (N-methyl/N-ethyl adjacent to an activating group) is 1. The lowest BCUT2D eigenvalue weighted by molar-refractivity contribution is 0.238. The first-order chi connectivity index (χ1) is 10.5. The molecule has 0 amide bonds. The van der Waals surface area contributed by atoms with Gasteiger partial charge in [-0.2, -0.15) is 0 Å². The van der Waals surface area contributed by atoms with Crippen LogP contribution in [0.4, 0.5) is 0 Å². The fourth-order valence-corrected chi connectivity index (χ4v) is 5.59. The maximum Gasteiger partial charge on any atom is 0.0318 e. The second kappa shape index (κ2) is 4.96. The fourth-order valence-electron chi connectivity index (χ4n) is 5.59. The number of rotatable bonds is 2. The van der Waals surface area contributed by atoms with Crippen LogP contribution in [0.25, 0.3) is 0 Å². The third-order valence-corrected chi connectivity index (χ3v) is 7.05. The van der Waals surface area contributed by atoms with Crippen LogP contribution in [-0.4, -0.2) is 24.5 Å². The number of fused-ring (bicyclic) bond motifs is 1. The summed E-state index contributed by atoms with van der Waals surface area (Å²) >= 11 is 0. The molecule has 1 heterocycles. The lowest BCUT2D eigenvalue weighted by atomic mass is 9.66. The Morgan fingerprint density at radius 3 is 2.68 bits per heavy atom. The van der Waals surface area contributed by atoms with E-state index in [9.17, 15) is 0 Å². The predicted molar refractivity (Wildman–Crippen MR) is 92.8 cm³/mol. The van der Waals surface area contributed by atoms with Gasteiger partial charge in [-0.3, -0.25) is 4.90 Å². The molecule has 3 atom stereocenters. The molecule has 22 heavy (non-hydrogen) atoms. The summed E-state index contributed by atoms with van der Waals surface area (Å²) in [5, 5.41) is 0. The Labute approximate surface area is 135 Å². The van der Waals surface area contributed by atoms with Gasteiger partial charge in [-0.25, -0.2) is 0 Å². The predicted octanol–water partition coefficient (Wildman–Crippen LogP) is 4.69. The molecule has 1 aliphatic heterocycles. The summed E-state index contributed by atoms with van der Waals surface area (Å²) in [7, 11) is 2.32. The first-order valence-electron chi connectivity index (χ1n) is 8.98. The highest BCUT2D eigenvalue weighted by atomic mass is 15.1. The molecule has 3 unspecified atom stereocenters. The normalized spacial score (nSPS) is 36.8. The molecule has 0 radical (unpaired) electrons. The lowest BCUT2D eigenvalue weighted by Gasteiger charge is -2.38. The molecular formula is C21H29N. The molecule has 2 saturated carbocycles. The van der Waals surface area contributed by atoms with Gasteiger partial charge in [0.1, 0.15) is 0 Å². The van der Waals surface area contributed by atoms with E-state index in [0.717, 1.165) is 12.3 Å². The van der Waals surface area contributed by atoms with E-state index < -0.39 is 0 Å². The van der Waals surface area contributed by atoms with Crippen LogP contribution >= 0.6 is 0 Å². The van der Waals surface area contributed by atoms with Crippen molar-refractivity contribution in [3.8, 4) is 0 Å². The molecule has 1 nitrogen and oxygen atoms in total. The highest BCUT2D eigenvalue weighted by Crippen LogP contribution is 2.67. The standard InChI is InChI=1S/C21H29N/c1-20(2)17-9-10-21(15-17)11-12-22(3)18(14-19(20)21)13-16-7-5-4-6-8-16/h4-8,14,17-18H,9-13,15H2,1-3H3. The number of benzene rings is 1. The van der Waals surface area contributed by atoms with Crippen molar-refractivity contribution in [3.63, 3.8) is 0 Å². The highest BCUT2D eigenvalue weighted by molar-refractivity contribution is 5.35. The zero-order valence-corrected chi connectivity index (χ0v) is 14.3. The van der Waals surface area contributed by atoms with Crippen LogP contribution < -0.4 is 0 Å². The molecule has 118 valence electrons. The Balaban J connectivity index is 1.69.